The molecule has 1 fully saturated rings. The first-order valence-electron chi connectivity index (χ1n) is 7.72. The van der Waals surface area contributed by atoms with E-state index in [0.29, 0.717) is 17.2 Å². The minimum absolute atomic E-state index is 0.158. The van der Waals surface area contributed by atoms with Crippen molar-refractivity contribution >= 4 is 23.2 Å². The van der Waals surface area contributed by atoms with Gasteiger partial charge in [0.05, 0.1) is 13.0 Å². The van der Waals surface area contributed by atoms with Crippen LogP contribution >= 0.6 is 11.3 Å². The number of likely N-dealkylation sites (tertiary alicyclic amines) is 1. The molecule has 0 saturated carbocycles. The first-order valence-corrected chi connectivity index (χ1v) is 8.54. The molecule has 1 amide bonds. The summed E-state index contributed by atoms with van der Waals surface area (Å²) in [5.41, 5.74) is 0.953. The van der Waals surface area contributed by atoms with Crippen LogP contribution in [0.3, 0.4) is 0 Å². The van der Waals surface area contributed by atoms with Crippen LogP contribution in [0.5, 0.6) is 5.75 Å². The summed E-state index contributed by atoms with van der Waals surface area (Å²) in [7, 11) is 1.54. The third kappa shape index (κ3) is 3.01. The van der Waals surface area contributed by atoms with Crippen LogP contribution in [0.15, 0.2) is 36.4 Å². The predicted octanol–water partition coefficient (Wildman–Crippen LogP) is 3.01. The first-order chi connectivity index (χ1) is 11.5. The highest BCUT2D eigenvalue weighted by Crippen LogP contribution is 2.36. The number of hydrogen-bond acceptors (Lipinski definition) is 4. The van der Waals surface area contributed by atoms with E-state index < -0.39 is 11.9 Å². The maximum absolute atomic E-state index is 12.8. The van der Waals surface area contributed by atoms with Gasteiger partial charge in [-0.2, -0.15) is 0 Å². The molecule has 1 aromatic heterocycles. The Hall–Kier alpha value is -2.34. The van der Waals surface area contributed by atoms with Crippen LogP contribution in [0.1, 0.15) is 26.0 Å². The van der Waals surface area contributed by atoms with Gasteiger partial charge in [0.15, 0.2) is 0 Å². The van der Waals surface area contributed by atoms with E-state index in [1.54, 1.807) is 4.90 Å². The minimum atomic E-state index is -0.867. The third-order valence-electron chi connectivity index (χ3n) is 4.39. The Bertz CT molecular complexity index is 756. The summed E-state index contributed by atoms with van der Waals surface area (Å²) in [5, 5.41) is 9.56. The van der Waals surface area contributed by atoms with E-state index >= 15 is 0 Å². The fourth-order valence-corrected chi connectivity index (χ4v) is 4.14. The zero-order valence-electron chi connectivity index (χ0n) is 13.6. The summed E-state index contributed by atoms with van der Waals surface area (Å²) >= 11 is 1.38. The van der Waals surface area contributed by atoms with Crippen molar-refractivity contribution in [2.24, 2.45) is 5.92 Å². The molecule has 6 heteroatoms. The van der Waals surface area contributed by atoms with Gasteiger partial charge in [0.25, 0.3) is 5.91 Å². The molecule has 1 N–H and O–H groups in total. The molecule has 1 aliphatic rings. The second-order valence-corrected chi connectivity index (χ2v) is 7.18. The van der Waals surface area contributed by atoms with Crippen molar-refractivity contribution in [3.8, 4) is 5.75 Å². The summed E-state index contributed by atoms with van der Waals surface area (Å²) in [6.07, 6.45) is 0. The van der Waals surface area contributed by atoms with Crippen molar-refractivity contribution in [1.82, 2.24) is 4.90 Å². The lowest BCUT2D eigenvalue weighted by atomic mass is 9.89. The van der Waals surface area contributed by atoms with Crippen LogP contribution in [0.4, 0.5) is 0 Å². The van der Waals surface area contributed by atoms with Crippen LogP contribution in [0, 0.1) is 12.8 Å². The molecule has 1 aromatic carbocycles. The lowest BCUT2D eigenvalue weighted by Crippen LogP contribution is -2.29. The number of methoxy groups -OCH3 is 1. The summed E-state index contributed by atoms with van der Waals surface area (Å²) in [5.74, 6) is -1.26. The second kappa shape index (κ2) is 6.65. The van der Waals surface area contributed by atoms with Crippen molar-refractivity contribution in [2.45, 2.75) is 12.8 Å². The molecule has 24 heavy (non-hydrogen) atoms. The lowest BCUT2D eigenvalue weighted by Gasteiger charge is -2.16. The van der Waals surface area contributed by atoms with Crippen LogP contribution in [0.25, 0.3) is 0 Å². The zero-order valence-corrected chi connectivity index (χ0v) is 14.4. The Kier molecular flexibility index (Phi) is 4.57. The number of rotatable bonds is 4. The van der Waals surface area contributed by atoms with Crippen molar-refractivity contribution in [3.63, 3.8) is 0 Å². The van der Waals surface area contributed by atoms with Gasteiger partial charge in [0, 0.05) is 23.9 Å². The van der Waals surface area contributed by atoms with Gasteiger partial charge >= 0.3 is 5.97 Å². The van der Waals surface area contributed by atoms with E-state index in [1.807, 2.05) is 43.3 Å². The number of aliphatic carboxylic acids is 1. The zero-order chi connectivity index (χ0) is 17.3. The number of hydrogen-bond donors (Lipinski definition) is 1. The standard InChI is InChI=1S/C18H19NO4S/c1-11-8-15(23-2)16(24-11)17(20)19-9-13(14(10-19)18(21)22)12-6-4-3-5-7-12/h3-8,13-14H,9-10H2,1-2H3,(H,21,22). The molecule has 0 aliphatic carbocycles. The van der Waals surface area contributed by atoms with Crippen LogP contribution in [0.2, 0.25) is 0 Å². The topological polar surface area (TPSA) is 66.8 Å². The number of thiophene rings is 1. The SMILES string of the molecule is COc1cc(C)sc1C(=O)N1CC(C(=O)O)C(c2ccccc2)C1. The number of carbonyl (C=O) groups excluding carboxylic acids is 1. The number of nitrogens with zero attached hydrogens (tertiary/aromatic N) is 1. The van der Waals surface area contributed by atoms with Gasteiger partial charge in [-0.25, -0.2) is 0 Å². The Morgan fingerprint density at radius 3 is 2.58 bits per heavy atom. The maximum atomic E-state index is 12.8. The number of aryl methyl sites for hydroxylation is 1. The van der Waals surface area contributed by atoms with Crippen LogP contribution in [-0.2, 0) is 4.79 Å². The molecule has 1 aliphatic heterocycles. The maximum Gasteiger partial charge on any atom is 0.308 e. The van der Waals surface area contributed by atoms with Gasteiger partial charge in [0.1, 0.15) is 10.6 Å². The Balaban J connectivity index is 1.87. The summed E-state index contributed by atoms with van der Waals surface area (Å²) in [4.78, 5) is 27.7. The van der Waals surface area contributed by atoms with Crippen LogP contribution < -0.4 is 4.74 Å². The molecule has 126 valence electrons. The smallest absolute Gasteiger partial charge is 0.308 e. The van der Waals surface area contributed by atoms with E-state index in [9.17, 15) is 14.7 Å². The highest BCUT2D eigenvalue weighted by atomic mass is 32.1. The van der Waals surface area contributed by atoms with Gasteiger partial charge < -0.3 is 14.7 Å². The minimum Gasteiger partial charge on any atom is -0.495 e. The second-order valence-electron chi connectivity index (χ2n) is 5.93. The number of carbonyl (C=O) groups is 2. The number of ether oxygens (including phenoxy) is 1. The van der Waals surface area contributed by atoms with E-state index in [1.165, 1.54) is 18.4 Å². The molecule has 2 unspecified atom stereocenters. The van der Waals surface area contributed by atoms with Crippen LogP contribution in [-0.4, -0.2) is 42.1 Å². The van der Waals surface area contributed by atoms with Gasteiger partial charge in [-0.05, 0) is 18.6 Å². The summed E-state index contributed by atoms with van der Waals surface area (Å²) < 4.78 is 5.28. The normalized spacial score (nSPS) is 20.2. The van der Waals surface area contributed by atoms with Crippen molar-refractivity contribution in [3.05, 3.63) is 51.7 Å². The summed E-state index contributed by atoms with van der Waals surface area (Å²) in [6.45, 7) is 2.54. The molecule has 0 radical (unpaired) electrons. The largest absolute Gasteiger partial charge is 0.495 e. The first kappa shape index (κ1) is 16.5. The molecule has 1 saturated heterocycles. The molecule has 0 bridgehead atoms. The summed E-state index contributed by atoms with van der Waals surface area (Å²) in [6, 6.07) is 11.4. The fraction of sp³-hybridized carbons (Fsp3) is 0.333. The van der Waals surface area contributed by atoms with Gasteiger partial charge in [-0.15, -0.1) is 11.3 Å². The predicted molar refractivity (Wildman–Crippen MR) is 91.8 cm³/mol. The third-order valence-corrected chi connectivity index (χ3v) is 5.41. The number of carboxylic acid groups (broad SMARTS) is 1. The van der Waals surface area contributed by atoms with Gasteiger partial charge in [-0.1, -0.05) is 30.3 Å². The molecule has 2 atom stereocenters. The van der Waals surface area contributed by atoms with E-state index in [-0.39, 0.29) is 18.4 Å². The highest BCUT2D eigenvalue weighted by Gasteiger charge is 2.41. The number of amides is 1. The Morgan fingerprint density at radius 2 is 1.96 bits per heavy atom. The Labute approximate surface area is 144 Å². The fourth-order valence-electron chi connectivity index (χ4n) is 3.19. The Morgan fingerprint density at radius 1 is 1.25 bits per heavy atom. The lowest BCUT2D eigenvalue weighted by molar-refractivity contribution is -0.141. The average molecular weight is 345 g/mol. The monoisotopic (exact) mass is 345 g/mol. The molecule has 0 spiro atoms. The van der Waals surface area contributed by atoms with Crippen molar-refractivity contribution in [1.29, 1.82) is 0 Å². The van der Waals surface area contributed by atoms with E-state index in [0.717, 1.165) is 10.4 Å². The van der Waals surface area contributed by atoms with Gasteiger partial charge in [-0.3, -0.25) is 9.59 Å². The molecule has 2 aromatic rings. The quantitative estimate of drug-likeness (QED) is 0.925. The van der Waals surface area contributed by atoms with Crippen molar-refractivity contribution in [2.75, 3.05) is 20.2 Å². The molecule has 3 rings (SSSR count). The van der Waals surface area contributed by atoms with E-state index in [4.69, 9.17) is 4.74 Å². The molecular formula is C18H19NO4S. The molecule has 2 heterocycles. The average Bonchev–Trinajstić information content (AvgIpc) is 3.18. The van der Waals surface area contributed by atoms with Gasteiger partial charge in [0.2, 0.25) is 0 Å². The number of benzene rings is 1. The highest BCUT2D eigenvalue weighted by molar-refractivity contribution is 7.14. The molecule has 5 nitrogen and oxygen atoms in total. The van der Waals surface area contributed by atoms with E-state index in [2.05, 4.69) is 0 Å². The molecular weight excluding hydrogens is 326 g/mol. The number of carboxylic acids is 1. The van der Waals surface area contributed by atoms with Crippen molar-refractivity contribution < 1.29 is 19.4 Å².